The smallest absolute Gasteiger partial charge is 0.335 e. The van der Waals surface area contributed by atoms with Gasteiger partial charge < -0.3 is 20.3 Å². The first-order valence-electron chi connectivity index (χ1n) is 12.3. The van der Waals surface area contributed by atoms with E-state index in [1.807, 2.05) is 36.4 Å². The number of carboxylic acids is 1. The first kappa shape index (κ1) is 27.7. The van der Waals surface area contributed by atoms with Crippen molar-refractivity contribution in [3.63, 3.8) is 0 Å². The molecule has 4 aromatic rings. The van der Waals surface area contributed by atoms with Crippen LogP contribution in [0.1, 0.15) is 39.6 Å². The van der Waals surface area contributed by atoms with Crippen molar-refractivity contribution < 1.29 is 19.7 Å². The predicted molar refractivity (Wildman–Crippen MR) is 153 cm³/mol. The molecule has 0 spiro atoms. The highest BCUT2D eigenvalue weighted by Gasteiger charge is 2.20. The highest BCUT2D eigenvalue weighted by molar-refractivity contribution is 6.30. The van der Waals surface area contributed by atoms with E-state index in [2.05, 4.69) is 23.5 Å². The molecule has 0 fully saturated rings. The van der Waals surface area contributed by atoms with Gasteiger partial charge >= 0.3 is 5.97 Å². The van der Waals surface area contributed by atoms with E-state index in [1.165, 1.54) is 17.2 Å². The summed E-state index contributed by atoms with van der Waals surface area (Å²) < 4.78 is 5.95. The van der Waals surface area contributed by atoms with E-state index >= 15 is 0 Å². The summed E-state index contributed by atoms with van der Waals surface area (Å²) in [6.45, 7) is 0.475. The van der Waals surface area contributed by atoms with Crippen LogP contribution in [0.15, 0.2) is 91.0 Å². The molecule has 0 heterocycles. The third-order valence-corrected chi connectivity index (χ3v) is 6.99. The molecular weight excluding hydrogens is 521 g/mol. The van der Waals surface area contributed by atoms with Crippen LogP contribution in [0.4, 0.5) is 0 Å². The van der Waals surface area contributed by atoms with Crippen LogP contribution in [-0.4, -0.2) is 28.8 Å². The monoisotopic (exact) mass is 549 g/mol. The Morgan fingerprint density at radius 3 is 2.45 bits per heavy atom. The fraction of sp³-hybridized carbons (Fsp3) is 0.194. The number of carboxylic acid groups (broad SMARTS) is 1. The van der Waals surface area contributed by atoms with Gasteiger partial charge in [-0.2, -0.15) is 0 Å². The molecule has 0 aliphatic heterocycles. The van der Waals surface area contributed by atoms with Crippen molar-refractivity contribution >= 4 is 30.0 Å². The molecule has 5 nitrogen and oxygen atoms in total. The second-order valence-electron chi connectivity index (χ2n) is 9.37. The number of ether oxygens (including phenoxy) is 1. The van der Waals surface area contributed by atoms with Crippen molar-refractivity contribution in [2.24, 2.45) is 0 Å². The number of carbonyl (C=O) groups is 1. The van der Waals surface area contributed by atoms with Gasteiger partial charge in [0.25, 0.3) is 0 Å². The molecule has 196 valence electrons. The number of hydrogen-bond acceptors (Lipinski definition) is 4. The first-order chi connectivity index (χ1) is 17.9. The van der Waals surface area contributed by atoms with Crippen LogP contribution in [0.2, 0.25) is 5.02 Å². The summed E-state index contributed by atoms with van der Waals surface area (Å²) in [5.41, 5.74) is 5.79. The van der Waals surface area contributed by atoms with Gasteiger partial charge in [-0.3, -0.25) is 0 Å². The van der Waals surface area contributed by atoms with E-state index in [0.29, 0.717) is 23.1 Å². The van der Waals surface area contributed by atoms with E-state index < -0.39 is 12.1 Å². The minimum Gasteiger partial charge on any atom is -0.478 e. The number of fused-ring (bicyclic) bond motifs is 1. The molecule has 5 rings (SSSR count). The van der Waals surface area contributed by atoms with Crippen LogP contribution < -0.4 is 10.1 Å². The number of hydrogen-bond donors (Lipinski definition) is 3. The number of aliphatic hydroxyl groups is 1. The quantitative estimate of drug-likeness (QED) is 0.218. The average Bonchev–Trinajstić information content (AvgIpc) is 2.91. The Bertz CT molecular complexity index is 1420. The SMILES string of the molecule is Cl.O=C(O)c1cccc(Oc2cccc(-c3ccc4c(c3)C[C@@H](NC[C@@H](O)c3cccc(Cl)c3)CC4)c2)c1. The Kier molecular flexibility index (Phi) is 9.08. The first-order valence-corrected chi connectivity index (χ1v) is 12.7. The highest BCUT2D eigenvalue weighted by atomic mass is 35.5. The minimum atomic E-state index is -0.986. The van der Waals surface area contributed by atoms with Crippen molar-refractivity contribution in [2.45, 2.75) is 31.4 Å². The van der Waals surface area contributed by atoms with Gasteiger partial charge in [0.05, 0.1) is 11.7 Å². The van der Waals surface area contributed by atoms with Crippen LogP contribution in [-0.2, 0) is 12.8 Å². The van der Waals surface area contributed by atoms with Crippen molar-refractivity contribution in [3.8, 4) is 22.6 Å². The topological polar surface area (TPSA) is 78.8 Å². The summed E-state index contributed by atoms with van der Waals surface area (Å²) in [5, 5.41) is 24.0. The molecule has 1 aliphatic rings. The lowest BCUT2D eigenvalue weighted by Crippen LogP contribution is -2.37. The van der Waals surface area contributed by atoms with Crippen molar-refractivity contribution in [1.29, 1.82) is 0 Å². The van der Waals surface area contributed by atoms with E-state index in [4.69, 9.17) is 16.3 Å². The molecule has 0 aromatic heterocycles. The van der Waals surface area contributed by atoms with Gasteiger partial charge in [-0.1, -0.05) is 60.1 Å². The molecule has 38 heavy (non-hydrogen) atoms. The fourth-order valence-corrected chi connectivity index (χ4v) is 4.99. The molecule has 0 unspecified atom stereocenters. The average molecular weight is 550 g/mol. The van der Waals surface area contributed by atoms with Crippen LogP contribution in [0.25, 0.3) is 11.1 Å². The molecule has 0 amide bonds. The van der Waals surface area contributed by atoms with Gasteiger partial charge in [0.1, 0.15) is 11.5 Å². The summed E-state index contributed by atoms with van der Waals surface area (Å²) >= 11 is 6.07. The minimum absolute atomic E-state index is 0. The van der Waals surface area contributed by atoms with Crippen molar-refractivity contribution in [1.82, 2.24) is 5.32 Å². The Morgan fingerprint density at radius 1 is 0.921 bits per heavy atom. The third kappa shape index (κ3) is 6.74. The molecule has 0 saturated heterocycles. The Morgan fingerprint density at radius 2 is 1.66 bits per heavy atom. The zero-order valence-corrected chi connectivity index (χ0v) is 22.2. The van der Waals surface area contributed by atoms with Gasteiger partial charge in [-0.25, -0.2) is 4.79 Å². The summed E-state index contributed by atoms with van der Waals surface area (Å²) in [4.78, 5) is 11.3. The van der Waals surface area contributed by atoms with E-state index in [-0.39, 0.29) is 24.0 Å². The molecule has 4 aromatic carbocycles. The summed E-state index contributed by atoms with van der Waals surface area (Å²) in [7, 11) is 0. The van der Waals surface area contributed by atoms with Gasteiger partial charge in [0, 0.05) is 17.6 Å². The number of aliphatic hydroxyl groups excluding tert-OH is 1. The summed E-state index contributed by atoms with van der Waals surface area (Å²) in [6.07, 6.45) is 2.30. The maximum Gasteiger partial charge on any atom is 0.335 e. The van der Waals surface area contributed by atoms with E-state index in [9.17, 15) is 15.0 Å². The molecule has 0 saturated carbocycles. The molecule has 2 atom stereocenters. The zero-order chi connectivity index (χ0) is 25.8. The lowest BCUT2D eigenvalue weighted by molar-refractivity contribution is 0.0696. The van der Waals surface area contributed by atoms with Gasteiger partial charge in [0.2, 0.25) is 0 Å². The van der Waals surface area contributed by atoms with E-state index in [0.717, 1.165) is 36.0 Å². The summed E-state index contributed by atoms with van der Waals surface area (Å²) in [6, 6.07) is 28.5. The molecular formula is C31H29Cl2NO4. The fourth-order valence-electron chi connectivity index (χ4n) is 4.79. The largest absolute Gasteiger partial charge is 0.478 e. The predicted octanol–water partition coefficient (Wildman–Crippen LogP) is 7.10. The van der Waals surface area contributed by atoms with Crippen LogP contribution in [0.5, 0.6) is 11.5 Å². The van der Waals surface area contributed by atoms with Gasteiger partial charge in [-0.05, 0) is 89.5 Å². The standard InChI is InChI=1S/C31H28ClNO4.ClH/c32-26-7-1-5-23(15-26)30(34)19-33-27-13-12-20-10-11-22(14-25(20)16-27)21-4-2-8-28(17-21)37-29-9-3-6-24(18-29)31(35)36;/h1-11,14-15,17-18,27,30,33-34H,12-13,16,19H2,(H,35,36);1H/t27-,30+;/m0./s1. The van der Waals surface area contributed by atoms with Gasteiger partial charge in [0.15, 0.2) is 0 Å². The lowest BCUT2D eigenvalue weighted by Gasteiger charge is -2.27. The molecule has 0 radical (unpaired) electrons. The normalized spacial score (nSPS) is 15.2. The molecule has 3 N–H and O–H groups in total. The number of aromatic carboxylic acids is 1. The number of nitrogens with one attached hydrogen (secondary N) is 1. The van der Waals surface area contributed by atoms with Crippen LogP contribution in [0.3, 0.4) is 0 Å². The maximum absolute atomic E-state index is 11.3. The summed E-state index contributed by atoms with van der Waals surface area (Å²) in [5.74, 6) is 0.142. The number of benzene rings is 4. The number of rotatable bonds is 8. The Hall–Kier alpha value is -3.35. The second kappa shape index (κ2) is 12.5. The molecule has 1 aliphatic carbocycles. The van der Waals surface area contributed by atoms with Crippen molar-refractivity contribution in [3.05, 3.63) is 118 Å². The zero-order valence-electron chi connectivity index (χ0n) is 20.6. The van der Waals surface area contributed by atoms with Crippen LogP contribution >= 0.6 is 24.0 Å². The highest BCUT2D eigenvalue weighted by Crippen LogP contribution is 2.31. The maximum atomic E-state index is 11.3. The molecule has 0 bridgehead atoms. The van der Waals surface area contributed by atoms with Crippen molar-refractivity contribution in [2.75, 3.05) is 6.54 Å². The Labute approximate surface area is 233 Å². The second-order valence-corrected chi connectivity index (χ2v) is 9.80. The number of halogens is 2. The van der Waals surface area contributed by atoms with E-state index in [1.54, 1.807) is 30.3 Å². The number of aryl methyl sites for hydroxylation is 1. The lowest BCUT2D eigenvalue weighted by atomic mass is 9.86. The van der Waals surface area contributed by atoms with Gasteiger partial charge in [-0.15, -0.1) is 12.4 Å². The molecule has 7 heteroatoms. The Balaban J connectivity index is 0.00000336. The van der Waals surface area contributed by atoms with Crippen LogP contribution in [0, 0.1) is 0 Å². The third-order valence-electron chi connectivity index (χ3n) is 6.75.